The van der Waals surface area contributed by atoms with Crippen LogP contribution >= 0.6 is 0 Å². The molecule has 0 saturated heterocycles. The number of hydrogen-bond acceptors (Lipinski definition) is 4. The lowest BCUT2D eigenvalue weighted by molar-refractivity contribution is -0.139. The zero-order valence-corrected chi connectivity index (χ0v) is 15.7. The summed E-state index contributed by atoms with van der Waals surface area (Å²) >= 11 is 0. The zero-order valence-electron chi connectivity index (χ0n) is 15.7. The molecule has 6 nitrogen and oxygen atoms in total. The van der Waals surface area contributed by atoms with Crippen molar-refractivity contribution in [3.05, 3.63) is 90.5 Å². The van der Waals surface area contributed by atoms with Crippen molar-refractivity contribution in [2.45, 2.75) is 6.54 Å². The maximum atomic E-state index is 13.0. The van der Waals surface area contributed by atoms with Gasteiger partial charge in [0.15, 0.2) is 24.7 Å². The Hall–Kier alpha value is -3.80. The number of carboxylic acid groups (broad SMARTS) is 1. The molecule has 0 bridgehead atoms. The van der Waals surface area contributed by atoms with Crippen molar-refractivity contribution in [3.63, 3.8) is 0 Å². The van der Waals surface area contributed by atoms with E-state index < -0.39 is 12.6 Å². The van der Waals surface area contributed by atoms with E-state index in [2.05, 4.69) is 0 Å². The molecule has 3 aromatic rings. The molecule has 6 heteroatoms. The Morgan fingerprint density at radius 2 is 1.24 bits per heavy atom. The number of amides is 1. The second-order valence-corrected chi connectivity index (χ2v) is 6.22. The van der Waals surface area contributed by atoms with E-state index in [1.165, 1.54) is 0 Å². The third kappa shape index (κ3) is 5.84. The first kappa shape index (κ1) is 19.9. The molecule has 0 heterocycles. The molecule has 0 atom stereocenters. The second kappa shape index (κ2) is 9.94. The van der Waals surface area contributed by atoms with Gasteiger partial charge in [-0.1, -0.05) is 60.7 Å². The smallest absolute Gasteiger partial charge is 0.341 e. The lowest BCUT2D eigenvalue weighted by atomic mass is 10.2. The van der Waals surface area contributed by atoms with Gasteiger partial charge in [0, 0.05) is 5.69 Å². The first-order valence-corrected chi connectivity index (χ1v) is 9.09. The van der Waals surface area contributed by atoms with Crippen molar-refractivity contribution in [2.24, 2.45) is 0 Å². The molecule has 1 amide bonds. The molecule has 3 rings (SSSR count). The lowest BCUT2D eigenvalue weighted by Gasteiger charge is -2.23. The molecule has 1 N–H and O–H groups in total. The minimum Gasteiger partial charge on any atom is -0.480 e. The van der Waals surface area contributed by atoms with Gasteiger partial charge in [-0.15, -0.1) is 0 Å². The third-order valence-electron chi connectivity index (χ3n) is 4.10. The number of ether oxygens (including phenoxy) is 2. The van der Waals surface area contributed by atoms with Gasteiger partial charge in [0.05, 0.1) is 6.54 Å². The number of nitrogens with zero attached hydrogens (tertiary/aromatic N) is 1. The van der Waals surface area contributed by atoms with Gasteiger partial charge >= 0.3 is 5.97 Å². The summed E-state index contributed by atoms with van der Waals surface area (Å²) in [6.07, 6.45) is 0. The Morgan fingerprint density at radius 1 is 0.724 bits per heavy atom. The van der Waals surface area contributed by atoms with E-state index in [1.807, 2.05) is 60.7 Å². The van der Waals surface area contributed by atoms with E-state index in [0.29, 0.717) is 12.3 Å². The summed E-state index contributed by atoms with van der Waals surface area (Å²) < 4.78 is 10.9. The maximum Gasteiger partial charge on any atom is 0.341 e. The molecule has 0 radical (unpaired) electrons. The molecular weight excluding hydrogens is 370 g/mol. The Kier molecular flexibility index (Phi) is 6.84. The van der Waals surface area contributed by atoms with Crippen molar-refractivity contribution in [2.75, 3.05) is 18.1 Å². The standard InChI is InChI=1S/C23H21NO5/c25-22(16-28-20-13-7-8-14-21(20)29-17-23(26)27)24(19-11-5-2-6-12-19)15-18-9-3-1-4-10-18/h1-14H,15-17H2,(H,26,27). The van der Waals surface area contributed by atoms with Crippen LogP contribution in [-0.4, -0.2) is 30.2 Å². The summed E-state index contributed by atoms with van der Waals surface area (Å²) in [7, 11) is 0. The van der Waals surface area contributed by atoms with Gasteiger partial charge < -0.3 is 19.5 Å². The quantitative estimate of drug-likeness (QED) is 0.601. The number of para-hydroxylation sites is 3. The van der Waals surface area contributed by atoms with E-state index >= 15 is 0 Å². The van der Waals surface area contributed by atoms with Crippen LogP contribution in [0.2, 0.25) is 0 Å². The molecule has 0 aliphatic heterocycles. The molecule has 148 valence electrons. The fourth-order valence-corrected chi connectivity index (χ4v) is 2.74. The second-order valence-electron chi connectivity index (χ2n) is 6.22. The minimum absolute atomic E-state index is 0.213. The Labute approximate surface area is 168 Å². The predicted octanol–water partition coefficient (Wildman–Crippen LogP) is 3.76. The van der Waals surface area contributed by atoms with Crippen LogP contribution in [0.3, 0.4) is 0 Å². The Morgan fingerprint density at radius 3 is 1.83 bits per heavy atom. The van der Waals surface area contributed by atoms with Crippen molar-refractivity contribution in [1.82, 2.24) is 0 Å². The van der Waals surface area contributed by atoms with Crippen molar-refractivity contribution < 1.29 is 24.2 Å². The minimum atomic E-state index is -1.09. The number of anilines is 1. The van der Waals surface area contributed by atoms with Crippen molar-refractivity contribution >= 4 is 17.6 Å². The van der Waals surface area contributed by atoms with Crippen molar-refractivity contribution in [3.8, 4) is 11.5 Å². The van der Waals surface area contributed by atoms with Gasteiger partial charge in [0.1, 0.15) is 0 Å². The van der Waals surface area contributed by atoms with E-state index in [0.717, 1.165) is 11.3 Å². The molecule has 3 aromatic carbocycles. The molecule has 0 aliphatic carbocycles. The molecule has 0 aromatic heterocycles. The summed E-state index contributed by atoms with van der Waals surface area (Å²) in [5.41, 5.74) is 1.76. The van der Waals surface area contributed by atoms with Gasteiger partial charge in [-0.25, -0.2) is 4.79 Å². The van der Waals surface area contributed by atoms with Gasteiger partial charge in [0.2, 0.25) is 0 Å². The number of carbonyl (C=O) groups excluding carboxylic acids is 1. The monoisotopic (exact) mass is 391 g/mol. The number of benzene rings is 3. The number of hydrogen-bond donors (Lipinski definition) is 1. The normalized spacial score (nSPS) is 10.2. The highest BCUT2D eigenvalue weighted by Gasteiger charge is 2.18. The third-order valence-corrected chi connectivity index (χ3v) is 4.10. The van der Waals surface area contributed by atoms with Crippen LogP contribution in [0, 0.1) is 0 Å². The lowest BCUT2D eigenvalue weighted by Crippen LogP contribution is -2.34. The first-order chi connectivity index (χ1) is 14.1. The van der Waals surface area contributed by atoms with Gasteiger partial charge in [-0.05, 0) is 29.8 Å². The van der Waals surface area contributed by atoms with E-state index in [9.17, 15) is 9.59 Å². The molecular formula is C23H21NO5. The van der Waals surface area contributed by atoms with Crippen LogP contribution in [0.15, 0.2) is 84.9 Å². The SMILES string of the molecule is O=C(O)COc1ccccc1OCC(=O)N(Cc1ccccc1)c1ccccc1. The van der Waals surface area contributed by atoms with Gasteiger partial charge in [0.25, 0.3) is 5.91 Å². The van der Waals surface area contributed by atoms with E-state index in [-0.39, 0.29) is 18.3 Å². The van der Waals surface area contributed by atoms with E-state index in [1.54, 1.807) is 29.2 Å². The van der Waals surface area contributed by atoms with Crippen molar-refractivity contribution in [1.29, 1.82) is 0 Å². The highest BCUT2D eigenvalue weighted by Crippen LogP contribution is 2.27. The van der Waals surface area contributed by atoms with Gasteiger partial charge in [-0.3, -0.25) is 4.79 Å². The Balaban J connectivity index is 1.73. The highest BCUT2D eigenvalue weighted by atomic mass is 16.5. The highest BCUT2D eigenvalue weighted by molar-refractivity contribution is 5.94. The summed E-state index contributed by atoms with van der Waals surface area (Å²) in [5, 5.41) is 8.80. The van der Waals surface area contributed by atoms with Crippen LogP contribution in [0.4, 0.5) is 5.69 Å². The molecule has 0 unspecified atom stereocenters. The number of carbonyl (C=O) groups is 2. The molecule has 0 saturated carbocycles. The van der Waals surface area contributed by atoms with Crippen LogP contribution < -0.4 is 14.4 Å². The summed E-state index contributed by atoms with van der Waals surface area (Å²) in [6, 6.07) is 25.7. The number of aliphatic carboxylic acids is 1. The number of rotatable bonds is 9. The largest absolute Gasteiger partial charge is 0.480 e. The van der Waals surface area contributed by atoms with Crippen LogP contribution in [0.1, 0.15) is 5.56 Å². The molecule has 29 heavy (non-hydrogen) atoms. The van der Waals surface area contributed by atoms with Crippen LogP contribution in [0.5, 0.6) is 11.5 Å². The maximum absolute atomic E-state index is 13.0. The molecule has 0 fully saturated rings. The van der Waals surface area contributed by atoms with Gasteiger partial charge in [-0.2, -0.15) is 0 Å². The number of carboxylic acids is 1. The topological polar surface area (TPSA) is 76.1 Å². The average molecular weight is 391 g/mol. The fraction of sp³-hybridized carbons (Fsp3) is 0.130. The average Bonchev–Trinajstić information content (AvgIpc) is 2.76. The first-order valence-electron chi connectivity index (χ1n) is 9.09. The zero-order chi connectivity index (χ0) is 20.5. The Bertz CT molecular complexity index is 944. The summed E-state index contributed by atoms with van der Waals surface area (Å²) in [4.78, 5) is 25.4. The van der Waals surface area contributed by atoms with E-state index in [4.69, 9.17) is 14.6 Å². The fourth-order valence-electron chi connectivity index (χ4n) is 2.74. The van der Waals surface area contributed by atoms with Crippen LogP contribution in [-0.2, 0) is 16.1 Å². The predicted molar refractivity (Wildman–Crippen MR) is 109 cm³/mol. The molecule has 0 aliphatic rings. The molecule has 0 spiro atoms. The summed E-state index contributed by atoms with van der Waals surface area (Å²) in [6.45, 7) is -0.294. The summed E-state index contributed by atoms with van der Waals surface area (Å²) in [5.74, 6) is -0.728. The van der Waals surface area contributed by atoms with Crippen LogP contribution in [0.25, 0.3) is 0 Å².